The van der Waals surface area contributed by atoms with Crippen molar-refractivity contribution in [2.24, 2.45) is 35.0 Å². The van der Waals surface area contributed by atoms with E-state index < -0.39 is 55.2 Å². The number of nitrogens with two attached hydrogens (primary N) is 3. The molecule has 0 aromatic heterocycles. The number of carbonyl (C=O) groups is 8. The second kappa shape index (κ2) is 62.5. The van der Waals surface area contributed by atoms with E-state index >= 15 is 0 Å². The summed E-state index contributed by atoms with van der Waals surface area (Å²) in [6.07, 6.45) is 6.70. The summed E-state index contributed by atoms with van der Waals surface area (Å²) in [5.41, 5.74) is 31.9. The third-order valence-electron chi connectivity index (χ3n) is 14.7. The van der Waals surface area contributed by atoms with Crippen LogP contribution in [0.1, 0.15) is 97.3 Å². The van der Waals surface area contributed by atoms with E-state index in [1.54, 1.807) is 13.8 Å². The van der Waals surface area contributed by atoms with Gasteiger partial charge in [0.1, 0.15) is 17.9 Å². The topological polar surface area (TPSA) is 633 Å². The highest BCUT2D eigenvalue weighted by Gasteiger charge is 2.25. The van der Waals surface area contributed by atoms with Crippen LogP contribution in [0.3, 0.4) is 0 Å². The number of nitro groups is 4. The van der Waals surface area contributed by atoms with Crippen LogP contribution >= 0.6 is 12.8 Å². The summed E-state index contributed by atoms with van der Waals surface area (Å²) in [6.45, 7) is 16.9. The number of nitrogens with one attached hydrogen (secondary N) is 9. The van der Waals surface area contributed by atoms with Gasteiger partial charge in [0.2, 0.25) is 29.4 Å². The number of anilines is 2. The van der Waals surface area contributed by atoms with E-state index in [2.05, 4.69) is 82.9 Å². The van der Waals surface area contributed by atoms with Gasteiger partial charge in [0, 0.05) is 115 Å². The van der Waals surface area contributed by atoms with Crippen LogP contribution in [0.15, 0.2) is 61.2 Å². The maximum Gasteiger partial charge on any atom is 0.344 e. The van der Waals surface area contributed by atoms with Crippen molar-refractivity contribution in [3.8, 4) is 0 Å². The van der Waals surface area contributed by atoms with Gasteiger partial charge in [-0.25, -0.2) is 4.79 Å². The number of Topliss-reactive ketones (excluding diaryl/α,β-unsaturated/α-hetero) is 3. The lowest BCUT2D eigenvalue weighted by Crippen LogP contribution is -2.35. The van der Waals surface area contributed by atoms with Gasteiger partial charge in [-0.05, 0) is 76.3 Å². The fourth-order valence-corrected chi connectivity index (χ4v) is 8.88. The SMILES string of the molecule is C=C(N)NCCC[C@H](CC(=O)CNC(=O)[C@@H](C)CCC(=O)NCCCOCCOCCOCCCNc1ccc([N+](=O)[O-])cc1[N+](=O)[O-])C(=O)C=[N+]=[N-].C=C(N)NCCC[C@H](N)C(=O)C=[N+]=[N-].C[C@@H](CCC(=O)NCCCOCCOCCOCCCNc1ccc([N+](=O)[O-])cc1[N+](=O)[O-])C(=O)NCC(=O)ONS. The van der Waals surface area contributed by atoms with Gasteiger partial charge in [0.25, 0.3) is 28.5 Å². The number of carbonyl (C=O) groups excluding carboxylic acids is 8. The van der Waals surface area contributed by atoms with Crippen LogP contribution in [0.25, 0.3) is 11.1 Å². The number of ketones is 3. The molecule has 2 aromatic carbocycles. The minimum Gasteiger partial charge on any atom is -0.386 e. The van der Waals surface area contributed by atoms with Gasteiger partial charge < -0.3 is 104 Å². The summed E-state index contributed by atoms with van der Waals surface area (Å²) in [5, 5.41) is 65.8. The number of non-ortho nitro benzene ring substituents is 2. The summed E-state index contributed by atoms with van der Waals surface area (Å²) in [7, 11) is 0. The molecule has 0 bridgehead atoms. The molecule has 0 fully saturated rings. The number of ether oxygens (including phenoxy) is 6. The molecule has 0 saturated heterocycles. The largest absolute Gasteiger partial charge is 0.386 e. The van der Waals surface area contributed by atoms with Crippen LogP contribution in [0.2, 0.25) is 0 Å². The van der Waals surface area contributed by atoms with E-state index in [-0.39, 0.29) is 114 Å². The second-order valence-corrected chi connectivity index (χ2v) is 23.7. The fraction of sp³-hybridized carbons (Fsp3) is 0.600. The van der Waals surface area contributed by atoms with Crippen molar-refractivity contribution in [3.05, 3.63) is 113 Å². The number of thiol groups is 1. The van der Waals surface area contributed by atoms with Crippen molar-refractivity contribution in [2.45, 2.75) is 103 Å². The molecule has 109 heavy (non-hydrogen) atoms. The Labute approximate surface area is 635 Å². The Bertz CT molecular complexity index is 3290. The number of nitro benzene ring substituents is 4. The van der Waals surface area contributed by atoms with E-state index in [1.165, 1.54) is 24.3 Å². The zero-order valence-electron chi connectivity index (χ0n) is 61.3. The van der Waals surface area contributed by atoms with Crippen LogP contribution in [-0.4, -0.2) is 226 Å². The van der Waals surface area contributed by atoms with Gasteiger partial charge in [-0.15, -0.1) is 0 Å². The highest BCUT2D eigenvalue weighted by Crippen LogP contribution is 2.30. The average Bonchev–Trinajstić information content (AvgIpc) is 0.846. The first-order valence-corrected chi connectivity index (χ1v) is 35.1. The minimum absolute atomic E-state index is 0.123. The third kappa shape index (κ3) is 52.2. The minimum atomic E-state index is -0.709. The molecule has 0 spiro atoms. The molecule has 0 aliphatic carbocycles. The standard InChI is InChI=1S/C33H51N9O11.C24H38N6O11S.C8H15N5O/c1-24(33(46)39-22-28(43)20-26(31(44)23-40-35)6-3-11-36-25(2)34)7-10-32(45)38-13-5-15-52-17-19-53-18-16-51-14-4-12-37-29-9-8-27(41(47)48)21-30(29)42(49)50;1-18(24(33)27-17-23(32)41-28-42)4-7-22(31)26-9-3-11-39-13-15-40-14-12-38-10-2-8-25-20-6-5-19(29(34)35)16-21(20)30(36)37;1-6(9)12-4-2-3-7(10)8(14)5-13-11/h8-9,21,23-24,26,36-37H,2-7,10-20,22,34H2,1H3,(H,38,45)(H,39,46);5-6,16,18,25,28,42H,2-4,7-15,17H2,1H3,(H,26,31)(H,27,33);5,7,12H,1-4,9-10H2/t24-,26+;18-;7-/m000/s1. The molecule has 0 aliphatic heterocycles. The van der Waals surface area contributed by atoms with E-state index in [0.29, 0.717) is 182 Å². The molecule has 0 saturated carbocycles. The Morgan fingerprint density at radius 2 is 0.872 bits per heavy atom. The Kier molecular flexibility index (Phi) is 56.5. The summed E-state index contributed by atoms with van der Waals surface area (Å²) < 4.78 is 32.7. The van der Waals surface area contributed by atoms with Crippen LogP contribution in [0.4, 0.5) is 34.1 Å². The summed E-state index contributed by atoms with van der Waals surface area (Å²) in [5.74, 6) is -4.07. The van der Waals surface area contributed by atoms with Crippen molar-refractivity contribution < 1.29 is 101 Å². The van der Waals surface area contributed by atoms with Crippen molar-refractivity contribution in [1.82, 2.24) is 36.8 Å². The van der Waals surface area contributed by atoms with Crippen LogP contribution in [-0.2, 0) is 71.6 Å². The lowest BCUT2D eigenvalue weighted by atomic mass is 9.93. The highest BCUT2D eigenvalue weighted by molar-refractivity contribution is 7.77. The van der Waals surface area contributed by atoms with Crippen LogP contribution in [0, 0.1) is 58.2 Å². The number of hydrogen-bond donors (Lipinski definition) is 13. The smallest absolute Gasteiger partial charge is 0.344 e. The van der Waals surface area contributed by atoms with Crippen LogP contribution in [0.5, 0.6) is 0 Å². The number of nitrogens with zero attached hydrogens (tertiary/aromatic N) is 8. The quantitative estimate of drug-likeness (QED) is 0.00855. The van der Waals surface area contributed by atoms with Crippen LogP contribution < -0.4 is 64.6 Å². The van der Waals surface area contributed by atoms with Gasteiger partial charge in [0.15, 0.2) is 5.78 Å². The molecule has 0 heterocycles. The molecule has 608 valence electrons. The Morgan fingerprint density at radius 1 is 0.505 bits per heavy atom. The number of amides is 4. The normalized spacial score (nSPS) is 11.5. The predicted octanol–water partition coefficient (Wildman–Crippen LogP) is 1.91. The maximum atomic E-state index is 12.4. The third-order valence-corrected chi connectivity index (χ3v) is 14.8. The number of hydrogen-bond acceptors (Lipinski definition) is 32. The van der Waals surface area contributed by atoms with Gasteiger partial charge in [-0.2, -0.15) is 9.58 Å². The van der Waals surface area contributed by atoms with E-state index in [4.69, 9.17) is 56.7 Å². The van der Waals surface area contributed by atoms with Crippen molar-refractivity contribution in [1.29, 1.82) is 0 Å². The molecule has 0 aliphatic rings. The van der Waals surface area contributed by atoms with Crippen molar-refractivity contribution in [2.75, 3.05) is 142 Å². The average molecular weight is 1570 g/mol. The molecule has 2 rings (SSSR count). The van der Waals surface area contributed by atoms with Gasteiger partial charge in [-0.3, -0.25) is 74.0 Å². The van der Waals surface area contributed by atoms with Crippen molar-refractivity contribution >= 4 is 106 Å². The van der Waals surface area contributed by atoms with E-state index in [1.807, 2.05) is 4.89 Å². The molecule has 15 N–H and O–H groups in total. The summed E-state index contributed by atoms with van der Waals surface area (Å²) in [6, 6.07) is 6.22. The lowest BCUT2D eigenvalue weighted by molar-refractivity contribution is -0.393. The molecular weight excluding hydrogens is 1460 g/mol. The highest BCUT2D eigenvalue weighted by atomic mass is 32.1. The maximum absolute atomic E-state index is 12.4. The number of rotatable bonds is 63. The first-order chi connectivity index (χ1) is 52.1. The van der Waals surface area contributed by atoms with E-state index in [0.717, 1.165) is 24.6 Å². The monoisotopic (exact) mass is 1560 g/mol. The van der Waals surface area contributed by atoms with Gasteiger partial charge in [0.05, 0.1) is 109 Å². The predicted molar refractivity (Wildman–Crippen MR) is 399 cm³/mol. The van der Waals surface area contributed by atoms with E-state index in [9.17, 15) is 78.8 Å². The molecule has 0 unspecified atom stereocenters. The zero-order chi connectivity index (χ0) is 81.6. The van der Waals surface area contributed by atoms with Gasteiger partial charge in [-0.1, -0.05) is 44.7 Å². The van der Waals surface area contributed by atoms with Crippen molar-refractivity contribution in [3.63, 3.8) is 0 Å². The first kappa shape index (κ1) is 98.5. The fourth-order valence-electron chi connectivity index (χ4n) is 8.78. The molecule has 2 aromatic rings. The number of benzene rings is 2. The molecule has 43 nitrogen and oxygen atoms in total. The first-order valence-electron chi connectivity index (χ1n) is 34.6. The zero-order valence-corrected chi connectivity index (χ0v) is 62.2. The molecule has 0 radical (unpaired) electrons. The lowest BCUT2D eigenvalue weighted by Gasteiger charge is -2.14. The molecular formula is C65H104N20O23S. The van der Waals surface area contributed by atoms with Gasteiger partial charge >= 0.3 is 18.4 Å². The Balaban J connectivity index is 0.00000185. The Morgan fingerprint density at radius 3 is 1.25 bits per heavy atom. The summed E-state index contributed by atoms with van der Waals surface area (Å²) in [4.78, 5) is 148. The molecule has 4 atom stereocenters. The second-order valence-electron chi connectivity index (χ2n) is 23.5. The molecule has 44 heteroatoms. The molecule has 4 amide bonds. The summed E-state index contributed by atoms with van der Waals surface area (Å²) >= 11 is 3.51. The Hall–Kier alpha value is -10.5.